The molecule has 11 heteroatoms. The van der Waals surface area contributed by atoms with Crippen LogP contribution in [-0.2, 0) is 6.42 Å². The van der Waals surface area contributed by atoms with E-state index in [1.807, 2.05) is 13.8 Å². The SMILES string of the molecule is CCN[C@@H]1CN(c2nc(C)c(C(=O)O)s2)CC[C@H]1NC(=O)c1nc(Cl)c(CC)[nH]1. The van der Waals surface area contributed by atoms with Crippen LogP contribution in [0.25, 0.3) is 0 Å². The van der Waals surface area contributed by atoms with Crippen molar-refractivity contribution in [1.82, 2.24) is 25.6 Å². The number of thiazole rings is 1. The molecule has 1 amide bonds. The summed E-state index contributed by atoms with van der Waals surface area (Å²) in [5, 5.41) is 16.8. The smallest absolute Gasteiger partial charge is 0.347 e. The fourth-order valence-corrected chi connectivity index (χ4v) is 4.66. The number of carbonyl (C=O) groups excluding carboxylic acids is 1. The molecule has 1 fully saturated rings. The maximum atomic E-state index is 12.6. The Labute approximate surface area is 177 Å². The molecular formula is C18H25ClN6O3S. The highest BCUT2D eigenvalue weighted by atomic mass is 35.5. The van der Waals surface area contributed by atoms with Crippen LogP contribution in [0.1, 0.15) is 51.9 Å². The lowest BCUT2D eigenvalue weighted by molar-refractivity contribution is 0.0700. The number of halogens is 1. The van der Waals surface area contributed by atoms with Gasteiger partial charge in [0.2, 0.25) is 0 Å². The number of aromatic nitrogens is 3. The molecule has 3 heterocycles. The molecule has 0 aliphatic carbocycles. The molecule has 0 radical (unpaired) electrons. The number of carboxylic acid groups (broad SMARTS) is 1. The van der Waals surface area contributed by atoms with Gasteiger partial charge >= 0.3 is 5.97 Å². The number of likely N-dealkylation sites (N-methyl/N-ethyl adjacent to an activating group) is 1. The Hall–Kier alpha value is -2.17. The van der Waals surface area contributed by atoms with Gasteiger partial charge in [0.25, 0.3) is 5.91 Å². The number of piperidine rings is 1. The van der Waals surface area contributed by atoms with E-state index in [1.165, 1.54) is 11.3 Å². The molecule has 29 heavy (non-hydrogen) atoms. The standard InChI is InChI=1S/C18H25ClN6O3S/c1-4-10-14(19)24-15(22-10)16(26)23-11-6-7-25(8-12(11)20-5-2)18-21-9(3)13(29-18)17(27)28/h11-12,20H,4-8H2,1-3H3,(H,22,24)(H,23,26)(H,27,28)/t11-,12-/m1/s1. The molecule has 1 aliphatic rings. The number of aromatic carboxylic acids is 1. The van der Waals surface area contributed by atoms with E-state index < -0.39 is 5.97 Å². The van der Waals surface area contributed by atoms with Crippen molar-refractivity contribution < 1.29 is 14.7 Å². The highest BCUT2D eigenvalue weighted by Gasteiger charge is 2.32. The van der Waals surface area contributed by atoms with Crippen molar-refractivity contribution in [1.29, 1.82) is 0 Å². The zero-order chi connectivity index (χ0) is 21.1. The molecule has 3 rings (SSSR count). The lowest BCUT2D eigenvalue weighted by Crippen LogP contribution is -2.59. The number of aryl methyl sites for hydroxylation is 2. The number of aromatic amines is 1. The summed E-state index contributed by atoms with van der Waals surface area (Å²) in [5.74, 6) is -1.03. The fraction of sp³-hybridized carbons (Fsp3) is 0.556. The number of rotatable bonds is 7. The molecule has 2 aromatic heterocycles. The lowest BCUT2D eigenvalue weighted by atomic mass is 9.99. The summed E-state index contributed by atoms with van der Waals surface area (Å²) in [5.41, 5.74) is 1.26. The van der Waals surface area contributed by atoms with Crippen LogP contribution < -0.4 is 15.5 Å². The normalized spacial score (nSPS) is 19.4. The second-order valence-corrected chi connectivity index (χ2v) is 8.24. The first-order valence-electron chi connectivity index (χ1n) is 9.58. The summed E-state index contributed by atoms with van der Waals surface area (Å²) in [6.07, 6.45) is 1.36. The van der Waals surface area contributed by atoms with E-state index in [0.717, 1.165) is 12.2 Å². The molecule has 1 aliphatic heterocycles. The van der Waals surface area contributed by atoms with Crippen LogP contribution in [0, 0.1) is 6.92 Å². The zero-order valence-electron chi connectivity index (χ0n) is 16.6. The van der Waals surface area contributed by atoms with Crippen molar-refractivity contribution in [3.8, 4) is 0 Å². The molecule has 2 atom stereocenters. The van der Waals surface area contributed by atoms with Crippen LogP contribution in [0.3, 0.4) is 0 Å². The van der Waals surface area contributed by atoms with Gasteiger partial charge in [-0.1, -0.05) is 36.8 Å². The van der Waals surface area contributed by atoms with Crippen molar-refractivity contribution in [2.75, 3.05) is 24.5 Å². The predicted molar refractivity (Wildman–Crippen MR) is 112 cm³/mol. The van der Waals surface area contributed by atoms with E-state index in [0.29, 0.717) is 41.9 Å². The van der Waals surface area contributed by atoms with Gasteiger partial charge in [-0.15, -0.1) is 0 Å². The minimum atomic E-state index is -0.958. The van der Waals surface area contributed by atoms with Crippen molar-refractivity contribution in [3.63, 3.8) is 0 Å². The van der Waals surface area contributed by atoms with E-state index in [2.05, 4.69) is 30.5 Å². The monoisotopic (exact) mass is 440 g/mol. The van der Waals surface area contributed by atoms with Crippen LogP contribution in [0.2, 0.25) is 5.15 Å². The minimum absolute atomic E-state index is 0.00809. The third kappa shape index (κ3) is 4.71. The molecular weight excluding hydrogens is 416 g/mol. The van der Waals surface area contributed by atoms with Crippen LogP contribution in [0.5, 0.6) is 0 Å². The number of nitrogens with one attached hydrogen (secondary N) is 3. The van der Waals surface area contributed by atoms with E-state index in [-0.39, 0.29) is 28.7 Å². The number of nitrogens with zero attached hydrogens (tertiary/aromatic N) is 3. The van der Waals surface area contributed by atoms with Gasteiger partial charge in [0.1, 0.15) is 4.88 Å². The van der Waals surface area contributed by atoms with Gasteiger partial charge in [0.15, 0.2) is 16.1 Å². The number of H-pyrrole nitrogens is 1. The molecule has 2 aromatic rings. The molecule has 0 spiro atoms. The van der Waals surface area contributed by atoms with E-state index in [9.17, 15) is 14.7 Å². The molecule has 4 N–H and O–H groups in total. The highest BCUT2D eigenvalue weighted by Crippen LogP contribution is 2.28. The lowest BCUT2D eigenvalue weighted by Gasteiger charge is -2.39. The predicted octanol–water partition coefficient (Wildman–Crippen LogP) is 2.08. The number of carbonyl (C=O) groups is 2. The van der Waals surface area contributed by atoms with Gasteiger partial charge in [-0.05, 0) is 26.3 Å². The second kappa shape index (κ2) is 9.10. The number of anilines is 1. The van der Waals surface area contributed by atoms with Gasteiger partial charge in [-0.25, -0.2) is 14.8 Å². The summed E-state index contributed by atoms with van der Waals surface area (Å²) in [4.78, 5) is 37.8. The number of hydrogen-bond donors (Lipinski definition) is 4. The second-order valence-electron chi connectivity index (χ2n) is 6.90. The van der Waals surface area contributed by atoms with Crippen molar-refractivity contribution in [2.24, 2.45) is 0 Å². The third-order valence-electron chi connectivity index (χ3n) is 4.94. The summed E-state index contributed by atoms with van der Waals surface area (Å²) in [6.45, 7) is 7.68. The average Bonchev–Trinajstić information content (AvgIpc) is 3.26. The van der Waals surface area contributed by atoms with E-state index >= 15 is 0 Å². The fourth-order valence-electron chi connectivity index (χ4n) is 3.45. The Morgan fingerprint density at radius 2 is 2.10 bits per heavy atom. The topological polar surface area (TPSA) is 123 Å². The van der Waals surface area contributed by atoms with Gasteiger partial charge in [-0.3, -0.25) is 4.79 Å². The molecule has 1 saturated heterocycles. The Morgan fingerprint density at radius 3 is 2.69 bits per heavy atom. The maximum Gasteiger partial charge on any atom is 0.347 e. The Balaban J connectivity index is 1.70. The van der Waals surface area contributed by atoms with E-state index in [1.54, 1.807) is 6.92 Å². The highest BCUT2D eigenvalue weighted by molar-refractivity contribution is 7.17. The van der Waals surface area contributed by atoms with Crippen LogP contribution in [0.4, 0.5) is 5.13 Å². The maximum absolute atomic E-state index is 12.6. The van der Waals surface area contributed by atoms with Crippen molar-refractivity contribution >= 4 is 39.9 Å². The number of imidazole rings is 1. The third-order valence-corrected chi connectivity index (χ3v) is 6.46. The average molecular weight is 441 g/mol. The van der Waals surface area contributed by atoms with Crippen LogP contribution in [-0.4, -0.2) is 63.7 Å². The number of carboxylic acids is 1. The summed E-state index contributed by atoms with van der Waals surface area (Å²) in [7, 11) is 0. The summed E-state index contributed by atoms with van der Waals surface area (Å²) in [6, 6.07) is -0.0982. The van der Waals surface area contributed by atoms with E-state index in [4.69, 9.17) is 11.6 Å². The van der Waals surface area contributed by atoms with Crippen molar-refractivity contribution in [3.05, 3.63) is 27.2 Å². The molecule has 0 aromatic carbocycles. The van der Waals surface area contributed by atoms with Crippen LogP contribution >= 0.6 is 22.9 Å². The minimum Gasteiger partial charge on any atom is -0.477 e. The van der Waals surface area contributed by atoms with Gasteiger partial charge in [0, 0.05) is 25.2 Å². The summed E-state index contributed by atoms with van der Waals surface area (Å²) < 4.78 is 0. The first kappa shape index (κ1) is 21.5. The number of amides is 1. The van der Waals surface area contributed by atoms with Crippen LogP contribution in [0.15, 0.2) is 0 Å². The molecule has 9 nitrogen and oxygen atoms in total. The molecule has 158 valence electrons. The quantitative estimate of drug-likeness (QED) is 0.519. The first-order valence-corrected chi connectivity index (χ1v) is 10.8. The molecule has 0 bridgehead atoms. The molecule has 0 unspecified atom stereocenters. The Bertz CT molecular complexity index is 898. The Morgan fingerprint density at radius 1 is 1.34 bits per heavy atom. The van der Waals surface area contributed by atoms with Gasteiger partial charge in [-0.2, -0.15) is 0 Å². The first-order chi connectivity index (χ1) is 13.8. The largest absolute Gasteiger partial charge is 0.477 e. The Kier molecular flexibility index (Phi) is 6.76. The zero-order valence-corrected chi connectivity index (χ0v) is 18.2. The van der Waals surface area contributed by atoms with Gasteiger partial charge < -0.3 is 25.6 Å². The van der Waals surface area contributed by atoms with Gasteiger partial charge in [0.05, 0.1) is 11.4 Å². The summed E-state index contributed by atoms with van der Waals surface area (Å²) >= 11 is 7.23. The van der Waals surface area contributed by atoms with Crippen molar-refractivity contribution in [2.45, 2.75) is 45.7 Å². The number of hydrogen-bond acceptors (Lipinski definition) is 7. The molecule has 0 saturated carbocycles.